The molecule has 0 saturated heterocycles. The number of hydrogen-bond acceptors (Lipinski definition) is 3. The van der Waals surface area contributed by atoms with Gasteiger partial charge >= 0.3 is 0 Å². The molecule has 1 aliphatic carbocycles. The van der Waals surface area contributed by atoms with Gasteiger partial charge in [0.15, 0.2) is 0 Å². The summed E-state index contributed by atoms with van der Waals surface area (Å²) in [7, 11) is 0. The van der Waals surface area contributed by atoms with Gasteiger partial charge < -0.3 is 10.2 Å². The number of hydrogen-bond donors (Lipinski definition) is 1. The lowest BCUT2D eigenvalue weighted by Crippen LogP contribution is -2.52. The van der Waals surface area contributed by atoms with Crippen LogP contribution in [0.25, 0.3) is 0 Å². The lowest BCUT2D eigenvalue weighted by molar-refractivity contribution is -0.139. The van der Waals surface area contributed by atoms with E-state index >= 15 is 0 Å². The Labute approximate surface area is 237 Å². The highest BCUT2D eigenvalue weighted by molar-refractivity contribution is 7.99. The third kappa shape index (κ3) is 7.98. The second kappa shape index (κ2) is 14.0. The highest BCUT2D eigenvalue weighted by Gasteiger charge is 2.32. The van der Waals surface area contributed by atoms with Gasteiger partial charge in [0.2, 0.25) is 11.8 Å². The van der Waals surface area contributed by atoms with Crippen LogP contribution in [0.15, 0.2) is 72.8 Å². The SMILES string of the molecule is O=C(NC1CCCC1)[C@H](Cc1ccccc1)N(Cc1ccc(Cl)cc1)C(=O)CSCc1c(F)cccc1Cl. The van der Waals surface area contributed by atoms with Gasteiger partial charge in [-0.2, -0.15) is 0 Å². The maximum absolute atomic E-state index is 14.3. The van der Waals surface area contributed by atoms with Crippen molar-refractivity contribution in [2.24, 2.45) is 0 Å². The highest BCUT2D eigenvalue weighted by Crippen LogP contribution is 2.25. The summed E-state index contributed by atoms with van der Waals surface area (Å²) in [5.41, 5.74) is 2.21. The van der Waals surface area contributed by atoms with Crippen LogP contribution in [0.5, 0.6) is 0 Å². The summed E-state index contributed by atoms with van der Waals surface area (Å²) >= 11 is 13.6. The standard InChI is InChI=1S/C30H31Cl2FN2O2S/c31-23-15-13-22(14-16-23)18-35(29(36)20-38-19-25-26(32)11-6-12-27(25)33)28(17-21-7-2-1-3-8-21)30(37)34-24-9-4-5-10-24/h1-3,6-8,11-16,24,28H,4-5,9-10,17-20H2,(H,34,37)/t28-/m0/s1. The number of thioether (sulfide) groups is 1. The molecule has 0 spiro atoms. The van der Waals surface area contributed by atoms with Crippen molar-refractivity contribution in [2.75, 3.05) is 5.75 Å². The predicted octanol–water partition coefficient (Wildman–Crippen LogP) is 7.06. The summed E-state index contributed by atoms with van der Waals surface area (Å²) in [4.78, 5) is 29.0. The molecule has 8 heteroatoms. The zero-order valence-corrected chi connectivity index (χ0v) is 23.4. The predicted molar refractivity (Wildman–Crippen MR) is 154 cm³/mol. The average molecular weight is 574 g/mol. The molecule has 4 rings (SSSR count). The van der Waals surface area contributed by atoms with Gasteiger partial charge in [0, 0.05) is 40.4 Å². The van der Waals surface area contributed by atoms with Gasteiger partial charge in [-0.1, -0.05) is 84.6 Å². The minimum Gasteiger partial charge on any atom is -0.352 e. The molecule has 0 aromatic heterocycles. The molecule has 1 atom stereocenters. The third-order valence-electron chi connectivity index (χ3n) is 6.77. The lowest BCUT2D eigenvalue weighted by atomic mass is 10.0. The van der Waals surface area contributed by atoms with E-state index < -0.39 is 11.9 Å². The average Bonchev–Trinajstić information content (AvgIpc) is 3.42. The second-order valence-corrected chi connectivity index (χ2v) is 11.4. The minimum absolute atomic E-state index is 0.0836. The fourth-order valence-electron chi connectivity index (χ4n) is 4.70. The first-order valence-corrected chi connectivity index (χ1v) is 14.7. The van der Waals surface area contributed by atoms with Crippen LogP contribution in [0.4, 0.5) is 4.39 Å². The second-order valence-electron chi connectivity index (χ2n) is 9.54. The molecule has 2 amide bonds. The van der Waals surface area contributed by atoms with Crippen molar-refractivity contribution in [1.29, 1.82) is 0 Å². The highest BCUT2D eigenvalue weighted by atomic mass is 35.5. The number of nitrogens with one attached hydrogen (secondary N) is 1. The number of nitrogens with zero attached hydrogens (tertiary/aromatic N) is 1. The Morgan fingerprint density at radius 2 is 1.66 bits per heavy atom. The molecule has 0 bridgehead atoms. The summed E-state index contributed by atoms with van der Waals surface area (Å²) in [6.45, 7) is 0.257. The normalized spacial score (nSPS) is 14.3. The molecule has 0 unspecified atom stereocenters. The summed E-state index contributed by atoms with van der Waals surface area (Å²) in [5.74, 6) is -0.400. The molecular weight excluding hydrogens is 542 g/mol. The van der Waals surface area contributed by atoms with Crippen molar-refractivity contribution in [1.82, 2.24) is 10.2 Å². The monoisotopic (exact) mass is 572 g/mol. The van der Waals surface area contributed by atoms with Crippen LogP contribution >= 0.6 is 35.0 Å². The topological polar surface area (TPSA) is 49.4 Å². The van der Waals surface area contributed by atoms with Crippen LogP contribution in [0.1, 0.15) is 42.4 Å². The minimum atomic E-state index is -0.696. The van der Waals surface area contributed by atoms with E-state index in [-0.39, 0.29) is 35.9 Å². The molecule has 3 aromatic carbocycles. The Morgan fingerprint density at radius 3 is 2.34 bits per heavy atom. The summed E-state index contributed by atoms with van der Waals surface area (Å²) in [5, 5.41) is 4.13. The van der Waals surface area contributed by atoms with E-state index in [0.29, 0.717) is 22.0 Å². The number of rotatable bonds is 11. The molecule has 3 aromatic rings. The number of benzene rings is 3. The maximum atomic E-state index is 14.3. The molecule has 1 saturated carbocycles. The Hall–Kier alpha value is -2.54. The molecule has 1 N–H and O–H groups in total. The first-order chi connectivity index (χ1) is 18.4. The first-order valence-electron chi connectivity index (χ1n) is 12.8. The van der Waals surface area contributed by atoms with Gasteiger partial charge in [0.05, 0.1) is 5.75 Å². The Bertz CT molecular complexity index is 1200. The van der Waals surface area contributed by atoms with E-state index in [1.807, 2.05) is 42.5 Å². The van der Waals surface area contributed by atoms with Gasteiger partial charge in [-0.15, -0.1) is 11.8 Å². The van der Waals surface area contributed by atoms with Crippen molar-refractivity contribution in [3.63, 3.8) is 0 Å². The first kappa shape index (κ1) is 28.5. The van der Waals surface area contributed by atoms with Crippen LogP contribution in [0.3, 0.4) is 0 Å². The summed E-state index contributed by atoms with van der Waals surface area (Å²) in [6, 6.07) is 21.0. The van der Waals surface area contributed by atoms with Crippen molar-refractivity contribution >= 4 is 46.8 Å². The van der Waals surface area contributed by atoms with Crippen LogP contribution in [-0.2, 0) is 28.3 Å². The van der Waals surface area contributed by atoms with E-state index in [2.05, 4.69) is 5.32 Å². The molecule has 4 nitrogen and oxygen atoms in total. The molecule has 1 fully saturated rings. The quantitative estimate of drug-likeness (QED) is 0.267. The van der Waals surface area contributed by atoms with Crippen molar-refractivity contribution < 1.29 is 14.0 Å². The maximum Gasteiger partial charge on any atom is 0.243 e. The van der Waals surface area contributed by atoms with E-state index in [4.69, 9.17) is 23.2 Å². The van der Waals surface area contributed by atoms with Gasteiger partial charge in [0.25, 0.3) is 0 Å². The van der Waals surface area contributed by atoms with Crippen molar-refractivity contribution in [2.45, 2.75) is 56.5 Å². The number of halogens is 3. The van der Waals surface area contributed by atoms with E-state index in [1.165, 1.54) is 17.8 Å². The number of carbonyl (C=O) groups excluding carboxylic acids is 2. The summed E-state index contributed by atoms with van der Waals surface area (Å²) < 4.78 is 14.3. The zero-order chi connectivity index (χ0) is 26.9. The molecule has 0 heterocycles. The molecule has 38 heavy (non-hydrogen) atoms. The van der Waals surface area contributed by atoms with Crippen molar-refractivity contribution in [3.8, 4) is 0 Å². The molecule has 0 radical (unpaired) electrons. The fraction of sp³-hybridized carbons (Fsp3) is 0.333. The lowest BCUT2D eigenvalue weighted by Gasteiger charge is -2.32. The fourth-order valence-corrected chi connectivity index (χ4v) is 6.08. The van der Waals surface area contributed by atoms with Gasteiger partial charge in [0.1, 0.15) is 11.9 Å². The Balaban J connectivity index is 1.57. The smallest absolute Gasteiger partial charge is 0.243 e. The van der Waals surface area contributed by atoms with Gasteiger partial charge in [-0.05, 0) is 48.2 Å². The van der Waals surface area contributed by atoms with Gasteiger partial charge in [-0.25, -0.2) is 4.39 Å². The number of amides is 2. The van der Waals surface area contributed by atoms with E-state index in [0.717, 1.165) is 36.8 Å². The Kier molecular flexibility index (Phi) is 10.5. The molecule has 1 aliphatic rings. The van der Waals surface area contributed by atoms with Crippen molar-refractivity contribution in [3.05, 3.63) is 105 Å². The molecule has 200 valence electrons. The van der Waals surface area contributed by atoms with Crippen LogP contribution < -0.4 is 5.32 Å². The van der Waals surface area contributed by atoms with Crippen LogP contribution in [0, 0.1) is 5.82 Å². The molecular formula is C30H31Cl2FN2O2S. The molecule has 0 aliphatic heterocycles. The zero-order valence-electron chi connectivity index (χ0n) is 21.0. The van der Waals surface area contributed by atoms with E-state index in [9.17, 15) is 14.0 Å². The largest absolute Gasteiger partial charge is 0.352 e. The van der Waals surface area contributed by atoms with Crippen LogP contribution in [-0.4, -0.2) is 34.6 Å². The van der Waals surface area contributed by atoms with Crippen LogP contribution in [0.2, 0.25) is 10.0 Å². The van der Waals surface area contributed by atoms with Gasteiger partial charge in [-0.3, -0.25) is 9.59 Å². The van der Waals surface area contributed by atoms with E-state index in [1.54, 1.807) is 29.2 Å². The number of carbonyl (C=O) groups is 2. The third-order valence-corrected chi connectivity index (χ3v) is 8.32. The summed E-state index contributed by atoms with van der Waals surface area (Å²) in [6.07, 6.45) is 4.48. The Morgan fingerprint density at radius 1 is 0.947 bits per heavy atom.